The first kappa shape index (κ1) is 21.2. The van der Waals surface area contributed by atoms with Crippen LogP contribution in [-0.4, -0.2) is 42.6 Å². The van der Waals surface area contributed by atoms with Gasteiger partial charge in [0.15, 0.2) is 5.13 Å². The number of ether oxygens (including phenoxy) is 2. The fourth-order valence-electron chi connectivity index (χ4n) is 2.43. The molecular formula is C19H21N5O5S. The molecule has 0 aliphatic carbocycles. The SMILES string of the molecule is CC(C)Oc1cc(C(=O)Nc2nc(CC(=O)O)cs2)cc(OCc2nccn2C)n1. The molecule has 1 amide bonds. The molecule has 11 heteroatoms. The van der Waals surface area contributed by atoms with Crippen molar-refractivity contribution in [3.8, 4) is 11.8 Å². The van der Waals surface area contributed by atoms with Crippen molar-refractivity contribution in [2.24, 2.45) is 7.05 Å². The molecule has 3 aromatic heterocycles. The number of aromatic nitrogens is 4. The van der Waals surface area contributed by atoms with Gasteiger partial charge in [-0.3, -0.25) is 14.9 Å². The largest absolute Gasteiger partial charge is 0.481 e. The summed E-state index contributed by atoms with van der Waals surface area (Å²) in [5.74, 6) is -0.265. The molecule has 158 valence electrons. The average molecular weight is 431 g/mol. The third-order valence-corrected chi connectivity index (χ3v) is 4.58. The number of hydrogen-bond donors (Lipinski definition) is 2. The smallest absolute Gasteiger partial charge is 0.309 e. The molecule has 0 fully saturated rings. The standard InChI is InChI=1S/C19H21N5O5S/c1-11(2)29-16-7-12(6-15(22-16)28-9-14-20-4-5-24(14)3)18(27)23-19-21-13(10-30-19)8-17(25)26/h4-7,10-11H,8-9H2,1-3H3,(H,25,26)(H,21,23,27). The van der Waals surface area contributed by atoms with Crippen molar-refractivity contribution in [1.82, 2.24) is 19.5 Å². The summed E-state index contributed by atoms with van der Waals surface area (Å²) in [5, 5.41) is 13.4. The molecule has 3 aromatic rings. The monoisotopic (exact) mass is 431 g/mol. The molecular weight excluding hydrogens is 410 g/mol. The molecule has 0 spiro atoms. The number of carbonyl (C=O) groups is 2. The quantitative estimate of drug-likeness (QED) is 0.529. The Labute approximate surface area is 176 Å². The van der Waals surface area contributed by atoms with Gasteiger partial charge in [0.05, 0.1) is 23.8 Å². The highest BCUT2D eigenvalue weighted by Gasteiger charge is 2.15. The molecule has 0 aromatic carbocycles. The summed E-state index contributed by atoms with van der Waals surface area (Å²) < 4.78 is 13.2. The maximum atomic E-state index is 12.7. The molecule has 0 atom stereocenters. The highest BCUT2D eigenvalue weighted by atomic mass is 32.1. The fraction of sp³-hybridized carbons (Fsp3) is 0.316. The Kier molecular flexibility index (Phi) is 6.62. The number of imidazole rings is 1. The van der Waals surface area contributed by atoms with E-state index in [0.717, 1.165) is 11.3 Å². The van der Waals surface area contributed by atoms with Gasteiger partial charge in [0.1, 0.15) is 12.4 Å². The predicted octanol–water partition coefficient (Wildman–Crippen LogP) is 2.52. The van der Waals surface area contributed by atoms with E-state index in [1.807, 2.05) is 25.5 Å². The number of hydrogen-bond acceptors (Lipinski definition) is 8. The molecule has 0 radical (unpaired) electrons. The molecule has 3 heterocycles. The number of thiazole rings is 1. The van der Waals surface area contributed by atoms with Crippen molar-refractivity contribution < 1.29 is 24.2 Å². The minimum absolute atomic E-state index is 0.143. The van der Waals surface area contributed by atoms with Crippen molar-refractivity contribution in [2.75, 3.05) is 5.32 Å². The highest BCUT2D eigenvalue weighted by molar-refractivity contribution is 7.14. The van der Waals surface area contributed by atoms with E-state index in [1.54, 1.807) is 17.8 Å². The number of carbonyl (C=O) groups excluding carboxylic acids is 1. The fourth-order valence-corrected chi connectivity index (χ4v) is 3.14. The number of aliphatic carboxylic acids is 1. The van der Waals surface area contributed by atoms with Crippen LogP contribution in [0.2, 0.25) is 0 Å². The Hall–Kier alpha value is -3.47. The third kappa shape index (κ3) is 5.77. The second-order valence-corrected chi connectivity index (χ2v) is 7.47. The van der Waals surface area contributed by atoms with Crippen molar-refractivity contribution in [2.45, 2.75) is 33.0 Å². The van der Waals surface area contributed by atoms with Crippen LogP contribution < -0.4 is 14.8 Å². The topological polar surface area (TPSA) is 128 Å². The first-order valence-corrected chi connectivity index (χ1v) is 9.93. The number of carboxylic acid groups (broad SMARTS) is 1. The Morgan fingerprint density at radius 3 is 2.70 bits per heavy atom. The Balaban J connectivity index is 1.77. The number of anilines is 1. The number of amides is 1. The van der Waals surface area contributed by atoms with E-state index in [0.29, 0.717) is 16.6 Å². The first-order chi connectivity index (χ1) is 14.3. The third-order valence-electron chi connectivity index (χ3n) is 3.77. The van der Waals surface area contributed by atoms with Gasteiger partial charge in [0, 0.05) is 37.0 Å². The van der Waals surface area contributed by atoms with E-state index in [2.05, 4.69) is 20.3 Å². The number of nitrogens with one attached hydrogen (secondary N) is 1. The molecule has 3 rings (SSSR count). The van der Waals surface area contributed by atoms with Crippen LogP contribution in [0, 0.1) is 0 Å². The summed E-state index contributed by atoms with van der Waals surface area (Å²) in [6, 6.07) is 3.01. The number of nitrogens with zero attached hydrogens (tertiary/aromatic N) is 4. The molecule has 0 saturated carbocycles. The number of pyridine rings is 1. The van der Waals surface area contributed by atoms with E-state index < -0.39 is 11.9 Å². The van der Waals surface area contributed by atoms with Crippen molar-refractivity contribution >= 4 is 28.3 Å². The molecule has 0 aliphatic rings. The Morgan fingerprint density at radius 1 is 1.27 bits per heavy atom. The summed E-state index contributed by atoms with van der Waals surface area (Å²) in [7, 11) is 1.85. The average Bonchev–Trinajstić information content (AvgIpc) is 3.27. The van der Waals surface area contributed by atoms with Crippen molar-refractivity contribution in [3.63, 3.8) is 0 Å². The zero-order chi connectivity index (χ0) is 21.7. The summed E-state index contributed by atoms with van der Waals surface area (Å²) in [6.07, 6.45) is 3.11. The lowest BCUT2D eigenvalue weighted by molar-refractivity contribution is -0.136. The Morgan fingerprint density at radius 2 is 2.03 bits per heavy atom. The van der Waals surface area contributed by atoms with Crippen LogP contribution in [-0.2, 0) is 24.9 Å². The van der Waals surface area contributed by atoms with Crippen LogP contribution in [0.25, 0.3) is 0 Å². The second-order valence-electron chi connectivity index (χ2n) is 6.61. The first-order valence-electron chi connectivity index (χ1n) is 9.05. The van der Waals surface area contributed by atoms with E-state index in [9.17, 15) is 9.59 Å². The summed E-state index contributed by atoms with van der Waals surface area (Å²) in [4.78, 5) is 36.1. The summed E-state index contributed by atoms with van der Waals surface area (Å²) >= 11 is 1.15. The maximum Gasteiger partial charge on any atom is 0.309 e. The van der Waals surface area contributed by atoms with Crippen LogP contribution in [0.3, 0.4) is 0 Å². The molecule has 0 saturated heterocycles. The van der Waals surface area contributed by atoms with Gasteiger partial charge in [-0.05, 0) is 13.8 Å². The van der Waals surface area contributed by atoms with E-state index in [4.69, 9.17) is 14.6 Å². The zero-order valence-corrected chi connectivity index (χ0v) is 17.5. The van der Waals surface area contributed by atoms with Gasteiger partial charge >= 0.3 is 5.97 Å². The van der Waals surface area contributed by atoms with Gasteiger partial charge in [-0.15, -0.1) is 11.3 Å². The molecule has 0 aliphatic heterocycles. The van der Waals surface area contributed by atoms with Crippen LogP contribution in [0.5, 0.6) is 11.8 Å². The number of carboxylic acids is 1. The van der Waals surface area contributed by atoms with E-state index >= 15 is 0 Å². The normalized spacial score (nSPS) is 10.8. The molecule has 0 unspecified atom stereocenters. The van der Waals surface area contributed by atoms with Gasteiger partial charge < -0.3 is 19.1 Å². The van der Waals surface area contributed by atoms with E-state index in [1.165, 1.54) is 12.1 Å². The summed E-state index contributed by atoms with van der Waals surface area (Å²) in [6.45, 7) is 3.87. The zero-order valence-electron chi connectivity index (χ0n) is 16.7. The van der Waals surface area contributed by atoms with Crippen LogP contribution in [0.1, 0.15) is 35.7 Å². The van der Waals surface area contributed by atoms with Crippen LogP contribution in [0.4, 0.5) is 5.13 Å². The van der Waals surface area contributed by atoms with Crippen molar-refractivity contribution in [1.29, 1.82) is 0 Å². The summed E-state index contributed by atoms with van der Waals surface area (Å²) in [5.41, 5.74) is 0.644. The number of rotatable bonds is 9. The molecule has 2 N–H and O–H groups in total. The minimum Gasteiger partial charge on any atom is -0.481 e. The van der Waals surface area contributed by atoms with Gasteiger partial charge in [-0.2, -0.15) is 4.98 Å². The highest BCUT2D eigenvalue weighted by Crippen LogP contribution is 2.22. The van der Waals surface area contributed by atoms with Crippen LogP contribution in [0.15, 0.2) is 29.9 Å². The molecule has 10 nitrogen and oxygen atoms in total. The van der Waals surface area contributed by atoms with Gasteiger partial charge in [-0.1, -0.05) is 0 Å². The second kappa shape index (κ2) is 9.35. The lowest BCUT2D eigenvalue weighted by atomic mass is 10.2. The van der Waals surface area contributed by atoms with E-state index in [-0.39, 0.29) is 36.5 Å². The minimum atomic E-state index is -0.989. The number of aryl methyl sites for hydroxylation is 1. The lowest BCUT2D eigenvalue weighted by Gasteiger charge is -2.13. The van der Waals surface area contributed by atoms with Gasteiger partial charge in [-0.25, -0.2) is 9.97 Å². The Bertz CT molecular complexity index is 1050. The lowest BCUT2D eigenvalue weighted by Crippen LogP contribution is -2.14. The molecule has 0 bridgehead atoms. The van der Waals surface area contributed by atoms with Crippen LogP contribution >= 0.6 is 11.3 Å². The molecule has 30 heavy (non-hydrogen) atoms. The maximum absolute atomic E-state index is 12.7. The predicted molar refractivity (Wildman–Crippen MR) is 109 cm³/mol. The van der Waals surface area contributed by atoms with Gasteiger partial charge in [0.2, 0.25) is 11.8 Å². The van der Waals surface area contributed by atoms with Crippen molar-refractivity contribution in [3.05, 3.63) is 47.0 Å². The van der Waals surface area contributed by atoms with Gasteiger partial charge in [0.25, 0.3) is 5.91 Å².